The maximum absolute atomic E-state index is 9.60. The van der Waals surface area contributed by atoms with E-state index in [1.165, 1.54) is 6.92 Å². The molecule has 0 atom stereocenters. The summed E-state index contributed by atoms with van der Waals surface area (Å²) >= 11 is 0. The molecule has 0 aliphatic heterocycles. The van der Waals surface area contributed by atoms with Crippen LogP contribution in [0, 0.1) is 0 Å². The van der Waals surface area contributed by atoms with Crippen molar-refractivity contribution in [3.63, 3.8) is 0 Å². The van der Waals surface area contributed by atoms with Gasteiger partial charge in [-0.1, -0.05) is 6.58 Å². The zero-order valence-electron chi connectivity index (χ0n) is 7.87. The summed E-state index contributed by atoms with van der Waals surface area (Å²) < 4.78 is 0. The average Bonchev–Trinajstić information content (AvgIpc) is 1.89. The van der Waals surface area contributed by atoms with Gasteiger partial charge in [0.1, 0.15) is 0 Å². The molecule has 0 aromatic rings. The molecule has 11 heavy (non-hydrogen) atoms. The molecule has 3 N–H and O–H groups in total. The monoisotopic (exact) mass is 172 g/mol. The Morgan fingerprint density at radius 2 is 1.64 bits per heavy atom. The van der Waals surface area contributed by atoms with Gasteiger partial charge in [0.05, 0.1) is 13.2 Å². The first kappa shape index (κ1) is 17.3. The molecule has 62 valence electrons. The molecule has 0 aliphatic rings. The van der Waals surface area contributed by atoms with E-state index in [0.717, 1.165) is 0 Å². The Kier molecular flexibility index (Phi) is 20.1. The second-order valence-corrected chi connectivity index (χ2v) is 1.53. The maximum atomic E-state index is 9.60. The standard InChI is InChI=1S/C4H6O2.C2H6O2.Na.H/c1-3(2)4(5)6;3-1-2-4;;/h1H2,2H3,(H,5,6);3-4H,1-2H2;;/q;;+1;-1. The quantitative estimate of drug-likeness (QED) is 0.302. The van der Waals surface area contributed by atoms with Crippen molar-refractivity contribution in [2.75, 3.05) is 13.2 Å². The van der Waals surface area contributed by atoms with Crippen molar-refractivity contribution in [2.24, 2.45) is 0 Å². The number of hydrogen-bond donors (Lipinski definition) is 3. The zero-order chi connectivity index (χ0) is 8.57. The average molecular weight is 172 g/mol. The Bertz CT molecular complexity index is 104. The molecule has 0 aromatic carbocycles. The molecule has 4 nitrogen and oxygen atoms in total. The number of carboxylic acids is 1. The van der Waals surface area contributed by atoms with Gasteiger partial charge in [0, 0.05) is 5.57 Å². The Balaban J connectivity index is -0.0000000483. The molecule has 0 saturated heterocycles. The van der Waals surface area contributed by atoms with Crippen LogP contribution in [0.2, 0.25) is 0 Å². The van der Waals surface area contributed by atoms with E-state index in [-0.39, 0.29) is 49.8 Å². The van der Waals surface area contributed by atoms with Crippen molar-refractivity contribution in [1.29, 1.82) is 0 Å². The molecule has 0 bridgehead atoms. The third-order valence-electron chi connectivity index (χ3n) is 0.465. The Morgan fingerprint density at radius 1 is 1.45 bits per heavy atom. The SMILES string of the molecule is C=C(C)C(=O)O.OCCO.[H-].[Na+]. The van der Waals surface area contributed by atoms with Crippen LogP contribution in [0.15, 0.2) is 12.2 Å². The Hall–Kier alpha value is 0.130. The summed E-state index contributed by atoms with van der Waals surface area (Å²) in [5.41, 5.74) is 0.176. The van der Waals surface area contributed by atoms with Crippen molar-refractivity contribution >= 4 is 5.97 Å². The van der Waals surface area contributed by atoms with Crippen LogP contribution in [0.3, 0.4) is 0 Å². The number of carboxylic acid groups (broad SMARTS) is 1. The number of rotatable bonds is 2. The van der Waals surface area contributed by atoms with Crippen molar-refractivity contribution in [3.8, 4) is 0 Å². The van der Waals surface area contributed by atoms with Gasteiger partial charge in [0.15, 0.2) is 0 Å². The molecular formula is C6H13NaO4. The summed E-state index contributed by atoms with van der Waals surface area (Å²) in [6.45, 7) is 4.35. The van der Waals surface area contributed by atoms with Gasteiger partial charge in [0.25, 0.3) is 0 Å². The summed E-state index contributed by atoms with van der Waals surface area (Å²) in [6.07, 6.45) is 0. The third-order valence-corrected chi connectivity index (χ3v) is 0.465. The van der Waals surface area contributed by atoms with Crippen molar-refractivity contribution < 1.29 is 51.1 Å². The molecule has 0 aromatic heterocycles. The van der Waals surface area contributed by atoms with Gasteiger partial charge in [-0.05, 0) is 6.92 Å². The van der Waals surface area contributed by atoms with Crippen LogP contribution in [0.25, 0.3) is 0 Å². The van der Waals surface area contributed by atoms with E-state index >= 15 is 0 Å². The fraction of sp³-hybridized carbons (Fsp3) is 0.500. The molecule has 0 unspecified atom stereocenters. The Morgan fingerprint density at radius 3 is 1.64 bits per heavy atom. The number of aliphatic carboxylic acids is 1. The smallest absolute Gasteiger partial charge is 1.00 e. The minimum absolute atomic E-state index is 0. The van der Waals surface area contributed by atoms with E-state index in [9.17, 15) is 4.79 Å². The van der Waals surface area contributed by atoms with Crippen molar-refractivity contribution in [2.45, 2.75) is 6.92 Å². The molecule has 0 spiro atoms. The zero-order valence-corrected chi connectivity index (χ0v) is 8.87. The molecule has 0 heterocycles. The van der Waals surface area contributed by atoms with Gasteiger partial charge in [-0.3, -0.25) is 0 Å². The summed E-state index contributed by atoms with van der Waals surface area (Å²) in [7, 11) is 0. The van der Waals surface area contributed by atoms with Gasteiger partial charge in [-0.2, -0.15) is 0 Å². The minimum Gasteiger partial charge on any atom is -1.00 e. The number of carbonyl (C=O) groups is 1. The summed E-state index contributed by atoms with van der Waals surface area (Å²) in [6, 6.07) is 0. The summed E-state index contributed by atoms with van der Waals surface area (Å²) in [5.74, 6) is -0.935. The Labute approximate surface area is 89.3 Å². The van der Waals surface area contributed by atoms with E-state index in [0.29, 0.717) is 0 Å². The molecule has 0 fully saturated rings. The van der Waals surface area contributed by atoms with E-state index in [2.05, 4.69) is 6.58 Å². The molecule has 0 rings (SSSR count). The fourth-order valence-corrected chi connectivity index (χ4v) is 0. The van der Waals surface area contributed by atoms with Crippen LogP contribution < -0.4 is 29.6 Å². The van der Waals surface area contributed by atoms with Crippen LogP contribution in [0.5, 0.6) is 0 Å². The van der Waals surface area contributed by atoms with Gasteiger partial charge < -0.3 is 16.7 Å². The van der Waals surface area contributed by atoms with Crippen LogP contribution in [-0.4, -0.2) is 34.5 Å². The largest absolute Gasteiger partial charge is 1.00 e. The topological polar surface area (TPSA) is 77.8 Å². The second-order valence-electron chi connectivity index (χ2n) is 1.53. The van der Waals surface area contributed by atoms with Gasteiger partial charge in [-0.25, -0.2) is 4.79 Å². The van der Waals surface area contributed by atoms with E-state index in [4.69, 9.17) is 15.3 Å². The molecule has 5 heteroatoms. The number of hydrogen-bond acceptors (Lipinski definition) is 3. The first-order valence-corrected chi connectivity index (χ1v) is 2.66. The van der Waals surface area contributed by atoms with Gasteiger partial charge in [0.2, 0.25) is 0 Å². The van der Waals surface area contributed by atoms with E-state index < -0.39 is 5.97 Å². The fourth-order valence-electron chi connectivity index (χ4n) is 0. The normalized spacial score (nSPS) is 6.82. The predicted octanol–water partition coefficient (Wildman–Crippen LogP) is -3.27. The van der Waals surface area contributed by atoms with Crippen LogP contribution in [-0.2, 0) is 4.79 Å². The molecule has 0 radical (unpaired) electrons. The first-order valence-electron chi connectivity index (χ1n) is 2.66. The van der Waals surface area contributed by atoms with Crippen molar-refractivity contribution in [3.05, 3.63) is 12.2 Å². The van der Waals surface area contributed by atoms with Gasteiger partial charge in [-0.15, -0.1) is 0 Å². The number of aliphatic hydroxyl groups excluding tert-OH is 2. The molecule has 0 amide bonds. The predicted molar refractivity (Wildman–Crippen MR) is 37.7 cm³/mol. The van der Waals surface area contributed by atoms with E-state index in [1.54, 1.807) is 0 Å². The van der Waals surface area contributed by atoms with Crippen LogP contribution in [0.1, 0.15) is 8.35 Å². The van der Waals surface area contributed by atoms with Crippen molar-refractivity contribution in [1.82, 2.24) is 0 Å². The van der Waals surface area contributed by atoms with Crippen LogP contribution >= 0.6 is 0 Å². The molecular weight excluding hydrogens is 159 g/mol. The molecule has 0 saturated carbocycles. The maximum Gasteiger partial charge on any atom is 1.00 e. The first-order chi connectivity index (χ1) is 4.56. The third kappa shape index (κ3) is 25.4. The van der Waals surface area contributed by atoms with Gasteiger partial charge >= 0.3 is 35.5 Å². The van der Waals surface area contributed by atoms with E-state index in [1.807, 2.05) is 0 Å². The minimum atomic E-state index is -0.935. The molecule has 0 aliphatic carbocycles. The summed E-state index contributed by atoms with van der Waals surface area (Å²) in [5, 5.41) is 23.1. The second kappa shape index (κ2) is 12.8. The van der Waals surface area contributed by atoms with Crippen LogP contribution in [0.4, 0.5) is 0 Å². The summed E-state index contributed by atoms with van der Waals surface area (Å²) in [4.78, 5) is 9.60. The number of aliphatic hydroxyl groups is 2.